The number of aliphatic hydroxyl groups excluding tert-OH is 1. The third-order valence-electron chi connectivity index (χ3n) is 3.45. The maximum absolute atomic E-state index is 10.1. The molecular formula is C16H25ClN2O2. The number of halogens is 1. The molecule has 1 aromatic carbocycles. The molecule has 0 radical (unpaired) electrons. The van der Waals surface area contributed by atoms with E-state index in [-0.39, 0.29) is 12.4 Å². The topological polar surface area (TPSA) is 44.7 Å². The molecule has 118 valence electrons. The highest BCUT2D eigenvalue weighted by atomic mass is 35.5. The number of β-amino-alcohol motifs (C(OH)–C–C–N with tert-alkyl or cyclic N) is 1. The second-order valence-electron chi connectivity index (χ2n) is 5.12. The standard InChI is InChI=1S/C16H24N2O2.ClH/c1-2-5-14-6-3-4-7-16(14)20-13-15(19)12-18-10-8-17-9-11-18;/h2-4,6-7,15,17,19H,1,5,8-13H2;1H. The van der Waals surface area contributed by atoms with E-state index < -0.39 is 6.10 Å². The molecule has 1 unspecified atom stereocenters. The number of benzene rings is 1. The lowest BCUT2D eigenvalue weighted by molar-refractivity contribution is 0.0638. The van der Waals surface area contributed by atoms with Crippen LogP contribution in [0.1, 0.15) is 5.56 Å². The Morgan fingerprint density at radius 3 is 2.76 bits per heavy atom. The lowest BCUT2D eigenvalue weighted by atomic mass is 10.1. The molecule has 0 bridgehead atoms. The van der Waals surface area contributed by atoms with Crippen molar-refractivity contribution in [2.45, 2.75) is 12.5 Å². The normalized spacial score (nSPS) is 16.8. The molecule has 1 saturated heterocycles. The smallest absolute Gasteiger partial charge is 0.122 e. The van der Waals surface area contributed by atoms with Crippen LogP contribution in [0.15, 0.2) is 36.9 Å². The zero-order valence-electron chi connectivity index (χ0n) is 12.3. The number of allylic oxidation sites excluding steroid dienone is 1. The van der Waals surface area contributed by atoms with Crippen LogP contribution in [-0.2, 0) is 6.42 Å². The first kappa shape index (κ1) is 18.0. The van der Waals surface area contributed by atoms with Crippen molar-refractivity contribution in [3.63, 3.8) is 0 Å². The maximum Gasteiger partial charge on any atom is 0.122 e. The number of piperazine rings is 1. The second-order valence-corrected chi connectivity index (χ2v) is 5.12. The monoisotopic (exact) mass is 312 g/mol. The number of nitrogens with one attached hydrogen (secondary N) is 1. The summed E-state index contributed by atoms with van der Waals surface area (Å²) in [7, 11) is 0. The molecule has 5 heteroatoms. The van der Waals surface area contributed by atoms with Gasteiger partial charge in [0.15, 0.2) is 0 Å². The van der Waals surface area contributed by atoms with Gasteiger partial charge in [-0.05, 0) is 18.1 Å². The summed E-state index contributed by atoms with van der Waals surface area (Å²) >= 11 is 0. The maximum atomic E-state index is 10.1. The fourth-order valence-corrected chi connectivity index (χ4v) is 2.40. The van der Waals surface area contributed by atoms with Gasteiger partial charge in [0.05, 0.1) is 0 Å². The molecule has 2 rings (SSSR count). The van der Waals surface area contributed by atoms with Crippen LogP contribution in [0.25, 0.3) is 0 Å². The average Bonchev–Trinajstić information content (AvgIpc) is 2.48. The first-order valence-electron chi connectivity index (χ1n) is 7.22. The van der Waals surface area contributed by atoms with Gasteiger partial charge in [-0.1, -0.05) is 24.3 Å². The molecular weight excluding hydrogens is 288 g/mol. The van der Waals surface area contributed by atoms with E-state index in [1.54, 1.807) is 0 Å². The fraction of sp³-hybridized carbons (Fsp3) is 0.500. The third kappa shape index (κ3) is 6.06. The van der Waals surface area contributed by atoms with Gasteiger partial charge in [-0.25, -0.2) is 0 Å². The predicted molar refractivity (Wildman–Crippen MR) is 88.4 cm³/mol. The van der Waals surface area contributed by atoms with Crippen molar-refractivity contribution >= 4 is 12.4 Å². The Balaban J connectivity index is 0.00000220. The number of rotatable bonds is 7. The van der Waals surface area contributed by atoms with E-state index in [0.29, 0.717) is 13.2 Å². The Labute approximate surface area is 133 Å². The second kappa shape index (κ2) is 9.79. The molecule has 1 aromatic rings. The number of nitrogens with zero attached hydrogens (tertiary/aromatic N) is 1. The molecule has 0 amide bonds. The van der Waals surface area contributed by atoms with E-state index in [0.717, 1.165) is 43.9 Å². The van der Waals surface area contributed by atoms with Crippen molar-refractivity contribution in [3.8, 4) is 5.75 Å². The van der Waals surface area contributed by atoms with Crippen LogP contribution in [-0.4, -0.2) is 55.4 Å². The number of hydrogen-bond acceptors (Lipinski definition) is 4. The van der Waals surface area contributed by atoms with E-state index in [1.807, 2.05) is 30.3 Å². The van der Waals surface area contributed by atoms with Gasteiger partial charge in [-0.2, -0.15) is 0 Å². The molecule has 1 aliphatic heterocycles. The van der Waals surface area contributed by atoms with Crippen LogP contribution in [0, 0.1) is 0 Å². The molecule has 0 aromatic heterocycles. The van der Waals surface area contributed by atoms with Crippen LogP contribution in [0.2, 0.25) is 0 Å². The highest BCUT2D eigenvalue weighted by molar-refractivity contribution is 5.85. The number of hydrogen-bond donors (Lipinski definition) is 2. The Hall–Kier alpha value is -1.07. The summed E-state index contributed by atoms with van der Waals surface area (Å²) in [6.07, 6.45) is 2.19. The highest BCUT2D eigenvalue weighted by Crippen LogP contribution is 2.18. The minimum Gasteiger partial charge on any atom is -0.491 e. The van der Waals surface area contributed by atoms with Gasteiger partial charge in [-0.3, -0.25) is 4.90 Å². The lowest BCUT2D eigenvalue weighted by Gasteiger charge is -2.29. The Kier molecular flexibility index (Phi) is 8.38. The molecule has 4 nitrogen and oxygen atoms in total. The summed E-state index contributed by atoms with van der Waals surface area (Å²) in [5, 5.41) is 13.4. The summed E-state index contributed by atoms with van der Waals surface area (Å²) in [5.74, 6) is 0.840. The predicted octanol–water partition coefficient (Wildman–Crippen LogP) is 1.48. The molecule has 2 N–H and O–H groups in total. The first-order chi connectivity index (χ1) is 9.79. The SMILES string of the molecule is C=CCc1ccccc1OCC(O)CN1CCNCC1.Cl. The molecule has 1 fully saturated rings. The van der Waals surface area contributed by atoms with Crippen molar-refractivity contribution in [3.05, 3.63) is 42.5 Å². The Bertz CT molecular complexity index is 422. The quantitative estimate of drug-likeness (QED) is 0.749. The van der Waals surface area contributed by atoms with Crippen molar-refractivity contribution in [1.82, 2.24) is 10.2 Å². The van der Waals surface area contributed by atoms with E-state index >= 15 is 0 Å². The molecule has 1 atom stereocenters. The lowest BCUT2D eigenvalue weighted by Crippen LogP contribution is -2.47. The van der Waals surface area contributed by atoms with Crippen LogP contribution < -0.4 is 10.1 Å². The van der Waals surface area contributed by atoms with E-state index in [1.165, 1.54) is 0 Å². The van der Waals surface area contributed by atoms with Gasteiger partial charge in [0.2, 0.25) is 0 Å². The van der Waals surface area contributed by atoms with Gasteiger partial charge in [0.25, 0.3) is 0 Å². The molecule has 1 aliphatic rings. The summed E-state index contributed by atoms with van der Waals surface area (Å²) in [5.41, 5.74) is 1.11. The van der Waals surface area contributed by atoms with Crippen LogP contribution in [0.4, 0.5) is 0 Å². The first-order valence-corrected chi connectivity index (χ1v) is 7.22. The summed E-state index contributed by atoms with van der Waals surface area (Å²) in [4.78, 5) is 2.26. The van der Waals surface area contributed by atoms with Gasteiger partial charge >= 0.3 is 0 Å². The number of ether oxygens (including phenoxy) is 1. The Morgan fingerprint density at radius 1 is 1.33 bits per heavy atom. The zero-order valence-corrected chi connectivity index (χ0v) is 13.1. The molecule has 0 aliphatic carbocycles. The Morgan fingerprint density at radius 2 is 2.05 bits per heavy atom. The molecule has 0 spiro atoms. The van der Waals surface area contributed by atoms with Gasteiger partial charge in [-0.15, -0.1) is 19.0 Å². The fourth-order valence-electron chi connectivity index (χ4n) is 2.40. The minimum atomic E-state index is -0.454. The van der Waals surface area contributed by atoms with E-state index in [4.69, 9.17) is 4.74 Å². The van der Waals surface area contributed by atoms with Gasteiger partial charge < -0.3 is 15.2 Å². The highest BCUT2D eigenvalue weighted by Gasteiger charge is 2.15. The average molecular weight is 313 g/mol. The zero-order chi connectivity index (χ0) is 14.2. The van der Waals surface area contributed by atoms with Crippen LogP contribution >= 0.6 is 12.4 Å². The van der Waals surface area contributed by atoms with Crippen LogP contribution in [0.5, 0.6) is 5.75 Å². The van der Waals surface area contributed by atoms with Gasteiger partial charge in [0.1, 0.15) is 18.5 Å². The van der Waals surface area contributed by atoms with Crippen molar-refractivity contribution in [2.75, 3.05) is 39.3 Å². The number of para-hydroxylation sites is 1. The van der Waals surface area contributed by atoms with Gasteiger partial charge in [0, 0.05) is 32.7 Å². The molecule has 1 heterocycles. The van der Waals surface area contributed by atoms with Crippen molar-refractivity contribution < 1.29 is 9.84 Å². The summed E-state index contributed by atoms with van der Waals surface area (Å²) in [6.45, 7) is 8.73. The van der Waals surface area contributed by atoms with E-state index in [9.17, 15) is 5.11 Å². The largest absolute Gasteiger partial charge is 0.491 e. The van der Waals surface area contributed by atoms with Crippen LogP contribution in [0.3, 0.4) is 0 Å². The summed E-state index contributed by atoms with van der Waals surface area (Å²) in [6, 6.07) is 7.91. The van der Waals surface area contributed by atoms with Crippen molar-refractivity contribution in [2.24, 2.45) is 0 Å². The summed E-state index contributed by atoms with van der Waals surface area (Å²) < 4.78 is 5.75. The van der Waals surface area contributed by atoms with E-state index in [2.05, 4.69) is 16.8 Å². The number of aliphatic hydroxyl groups is 1. The minimum absolute atomic E-state index is 0. The third-order valence-corrected chi connectivity index (χ3v) is 3.45. The molecule has 21 heavy (non-hydrogen) atoms. The van der Waals surface area contributed by atoms with Crippen molar-refractivity contribution in [1.29, 1.82) is 0 Å². The molecule has 0 saturated carbocycles.